The Bertz CT molecular complexity index is 467. The van der Waals surface area contributed by atoms with Crippen molar-refractivity contribution in [1.29, 1.82) is 0 Å². The number of amides is 3. The lowest BCUT2D eigenvalue weighted by molar-refractivity contribution is -0.115. The molecule has 1 aromatic rings. The number of likely N-dealkylation sites (N-methyl/N-ethyl adjacent to an activating group) is 1. The summed E-state index contributed by atoms with van der Waals surface area (Å²) in [6.45, 7) is 1.55. The molecule has 0 spiro atoms. The van der Waals surface area contributed by atoms with Crippen molar-refractivity contribution >= 4 is 35.7 Å². The summed E-state index contributed by atoms with van der Waals surface area (Å²) < 4.78 is 0. The van der Waals surface area contributed by atoms with Gasteiger partial charge in [0.25, 0.3) is 0 Å². The van der Waals surface area contributed by atoms with Gasteiger partial charge < -0.3 is 16.0 Å². The first-order valence-corrected chi connectivity index (χ1v) is 5.80. The summed E-state index contributed by atoms with van der Waals surface area (Å²) in [4.78, 5) is 24.6. The predicted molar refractivity (Wildman–Crippen MR) is 77.0 cm³/mol. The van der Waals surface area contributed by atoms with Gasteiger partial charge in [-0.3, -0.25) is 9.69 Å². The Morgan fingerprint density at radius 3 is 2.89 bits per heavy atom. The summed E-state index contributed by atoms with van der Waals surface area (Å²) in [5, 5.41) is 8.28. The number of carbonyl (C=O) groups excluding carboxylic acids is 2. The highest BCUT2D eigenvalue weighted by Gasteiger charge is 2.21. The minimum Gasteiger partial charge on any atom is -0.336 e. The first kappa shape index (κ1) is 15.3. The Balaban J connectivity index is 0.00000180. The zero-order valence-corrected chi connectivity index (χ0v) is 11.4. The first-order valence-electron chi connectivity index (χ1n) is 5.80. The summed E-state index contributed by atoms with van der Waals surface area (Å²) >= 11 is 0. The average Bonchev–Trinajstić information content (AvgIpc) is 2.76. The normalized spacial score (nSPS) is 13.7. The molecule has 0 radical (unpaired) electrons. The molecule has 0 bridgehead atoms. The number of nitrogens with one attached hydrogen (secondary N) is 3. The topological polar surface area (TPSA) is 73.5 Å². The SMILES string of the molecule is CNCC(=O)Nc1cccc(N2CCNC2=O)c1.Cl. The van der Waals surface area contributed by atoms with Gasteiger partial charge in [0.1, 0.15) is 0 Å². The van der Waals surface area contributed by atoms with Crippen molar-refractivity contribution < 1.29 is 9.59 Å². The maximum absolute atomic E-state index is 11.5. The van der Waals surface area contributed by atoms with E-state index < -0.39 is 0 Å². The van der Waals surface area contributed by atoms with E-state index in [0.29, 0.717) is 18.8 Å². The molecule has 0 aliphatic carbocycles. The molecule has 0 aromatic heterocycles. The van der Waals surface area contributed by atoms with E-state index in [4.69, 9.17) is 0 Å². The molecular formula is C12H17ClN4O2. The standard InChI is InChI=1S/C12H16N4O2.ClH/c1-13-8-11(17)15-9-3-2-4-10(7-9)16-6-5-14-12(16)18;/h2-4,7,13H,5-6,8H2,1H3,(H,14,18)(H,15,17);1H. The third kappa shape index (κ3) is 3.84. The average molecular weight is 285 g/mol. The zero-order chi connectivity index (χ0) is 13.0. The first-order chi connectivity index (χ1) is 8.70. The van der Waals surface area contributed by atoms with Crippen molar-refractivity contribution in [2.75, 3.05) is 36.9 Å². The highest BCUT2D eigenvalue weighted by molar-refractivity contribution is 5.96. The third-order valence-electron chi connectivity index (χ3n) is 2.64. The number of carbonyl (C=O) groups is 2. The monoisotopic (exact) mass is 284 g/mol. The van der Waals surface area contributed by atoms with Crippen LogP contribution in [-0.4, -0.2) is 38.6 Å². The van der Waals surface area contributed by atoms with E-state index in [0.717, 1.165) is 5.69 Å². The van der Waals surface area contributed by atoms with Gasteiger partial charge in [0.05, 0.1) is 6.54 Å². The van der Waals surface area contributed by atoms with Gasteiger partial charge in [-0.15, -0.1) is 12.4 Å². The quantitative estimate of drug-likeness (QED) is 0.766. The molecule has 19 heavy (non-hydrogen) atoms. The van der Waals surface area contributed by atoms with Crippen molar-refractivity contribution in [3.05, 3.63) is 24.3 Å². The van der Waals surface area contributed by atoms with Crippen LogP contribution in [0.15, 0.2) is 24.3 Å². The van der Waals surface area contributed by atoms with E-state index in [1.54, 1.807) is 24.1 Å². The lowest BCUT2D eigenvalue weighted by Gasteiger charge is -2.15. The van der Waals surface area contributed by atoms with E-state index in [1.165, 1.54) is 0 Å². The number of benzene rings is 1. The van der Waals surface area contributed by atoms with Gasteiger partial charge in [0.15, 0.2) is 0 Å². The lowest BCUT2D eigenvalue weighted by atomic mass is 10.2. The van der Waals surface area contributed by atoms with Gasteiger partial charge in [0.2, 0.25) is 5.91 Å². The Morgan fingerprint density at radius 2 is 2.26 bits per heavy atom. The molecular weight excluding hydrogens is 268 g/mol. The lowest BCUT2D eigenvalue weighted by Crippen LogP contribution is -2.28. The molecule has 3 amide bonds. The van der Waals surface area contributed by atoms with Crippen molar-refractivity contribution in [3.8, 4) is 0 Å². The maximum Gasteiger partial charge on any atom is 0.321 e. The van der Waals surface area contributed by atoms with Gasteiger partial charge >= 0.3 is 6.03 Å². The highest BCUT2D eigenvalue weighted by atomic mass is 35.5. The molecule has 1 saturated heterocycles. The number of anilines is 2. The molecule has 3 N–H and O–H groups in total. The third-order valence-corrected chi connectivity index (χ3v) is 2.64. The van der Waals surface area contributed by atoms with E-state index in [1.807, 2.05) is 12.1 Å². The largest absolute Gasteiger partial charge is 0.336 e. The van der Waals surface area contributed by atoms with Gasteiger partial charge in [0, 0.05) is 24.5 Å². The fourth-order valence-corrected chi connectivity index (χ4v) is 1.84. The van der Waals surface area contributed by atoms with Crippen LogP contribution in [0.2, 0.25) is 0 Å². The number of nitrogens with zero attached hydrogens (tertiary/aromatic N) is 1. The van der Waals surface area contributed by atoms with Crippen molar-refractivity contribution in [1.82, 2.24) is 10.6 Å². The molecule has 0 atom stereocenters. The Kier molecular flexibility index (Phi) is 5.59. The van der Waals surface area contributed by atoms with E-state index >= 15 is 0 Å². The summed E-state index contributed by atoms with van der Waals surface area (Å²) in [7, 11) is 1.71. The number of hydrogen-bond acceptors (Lipinski definition) is 3. The molecule has 7 heteroatoms. The van der Waals surface area contributed by atoms with Crippen LogP contribution in [0.4, 0.5) is 16.2 Å². The van der Waals surface area contributed by atoms with Gasteiger partial charge in [-0.05, 0) is 25.2 Å². The minimum absolute atomic E-state index is 0. The Labute approximate surface area is 118 Å². The molecule has 0 saturated carbocycles. The van der Waals surface area contributed by atoms with Crippen LogP contribution >= 0.6 is 12.4 Å². The Hall–Kier alpha value is -1.79. The fourth-order valence-electron chi connectivity index (χ4n) is 1.84. The molecule has 1 aliphatic heterocycles. The predicted octanol–water partition coefficient (Wildman–Crippen LogP) is 0.796. The van der Waals surface area contributed by atoms with Crippen LogP contribution in [0.1, 0.15) is 0 Å². The molecule has 0 unspecified atom stereocenters. The second-order valence-electron chi connectivity index (χ2n) is 4.01. The maximum atomic E-state index is 11.5. The second-order valence-corrected chi connectivity index (χ2v) is 4.01. The van der Waals surface area contributed by atoms with Crippen LogP contribution in [0.5, 0.6) is 0 Å². The van der Waals surface area contributed by atoms with Gasteiger partial charge in [-0.1, -0.05) is 6.07 Å². The van der Waals surface area contributed by atoms with E-state index in [-0.39, 0.29) is 30.9 Å². The van der Waals surface area contributed by atoms with Crippen molar-refractivity contribution in [2.24, 2.45) is 0 Å². The van der Waals surface area contributed by atoms with Crippen LogP contribution < -0.4 is 20.9 Å². The summed E-state index contributed by atoms with van der Waals surface area (Å²) in [5.74, 6) is -0.111. The van der Waals surface area contributed by atoms with Gasteiger partial charge in [-0.25, -0.2) is 4.79 Å². The summed E-state index contributed by atoms with van der Waals surface area (Å²) in [6, 6.07) is 7.15. The number of halogens is 1. The smallest absolute Gasteiger partial charge is 0.321 e. The molecule has 1 aliphatic rings. The van der Waals surface area contributed by atoms with Gasteiger partial charge in [-0.2, -0.15) is 0 Å². The van der Waals surface area contributed by atoms with Crippen LogP contribution in [0.3, 0.4) is 0 Å². The van der Waals surface area contributed by atoms with Crippen LogP contribution in [0, 0.1) is 0 Å². The molecule has 1 heterocycles. The Morgan fingerprint density at radius 1 is 1.47 bits per heavy atom. The highest BCUT2D eigenvalue weighted by Crippen LogP contribution is 2.20. The number of urea groups is 1. The van der Waals surface area contributed by atoms with Crippen LogP contribution in [0.25, 0.3) is 0 Å². The van der Waals surface area contributed by atoms with Crippen LogP contribution in [-0.2, 0) is 4.79 Å². The van der Waals surface area contributed by atoms with E-state index in [9.17, 15) is 9.59 Å². The second kappa shape index (κ2) is 6.96. The number of hydrogen-bond donors (Lipinski definition) is 3. The molecule has 104 valence electrons. The fraction of sp³-hybridized carbons (Fsp3) is 0.333. The van der Waals surface area contributed by atoms with Crippen molar-refractivity contribution in [3.63, 3.8) is 0 Å². The van der Waals surface area contributed by atoms with Crippen molar-refractivity contribution in [2.45, 2.75) is 0 Å². The zero-order valence-electron chi connectivity index (χ0n) is 10.6. The minimum atomic E-state index is -0.111. The molecule has 6 nitrogen and oxygen atoms in total. The van der Waals surface area contributed by atoms with E-state index in [2.05, 4.69) is 16.0 Å². The number of rotatable bonds is 4. The summed E-state index contributed by atoms with van der Waals surface area (Å²) in [6.07, 6.45) is 0. The summed E-state index contributed by atoms with van der Waals surface area (Å²) in [5.41, 5.74) is 1.47. The molecule has 2 rings (SSSR count). The molecule has 1 fully saturated rings. The molecule has 1 aromatic carbocycles.